The molecule has 3 nitrogen and oxygen atoms in total. The Balaban J connectivity index is 0.000000185. The molecule has 128 valence electrons. The lowest BCUT2D eigenvalue weighted by molar-refractivity contribution is 0.733. The van der Waals surface area contributed by atoms with Crippen LogP contribution in [0, 0.1) is 0 Å². The van der Waals surface area contributed by atoms with Crippen LogP contribution in [0.1, 0.15) is 26.3 Å². The van der Waals surface area contributed by atoms with Crippen LogP contribution in [0.25, 0.3) is 0 Å². The third-order valence-electron chi connectivity index (χ3n) is 3.97. The lowest BCUT2D eigenvalue weighted by Crippen LogP contribution is -2.22. The van der Waals surface area contributed by atoms with E-state index in [0.29, 0.717) is 25.8 Å². The Morgan fingerprint density at radius 1 is 0.958 bits per heavy atom. The molecule has 0 saturated carbocycles. The van der Waals surface area contributed by atoms with Gasteiger partial charge in [-0.1, -0.05) is 60.3 Å². The van der Waals surface area contributed by atoms with Gasteiger partial charge in [0, 0.05) is 21.2 Å². The average molecular weight is 405 g/mol. The summed E-state index contributed by atoms with van der Waals surface area (Å²) in [6.45, 7) is 6.28. The van der Waals surface area contributed by atoms with Gasteiger partial charge in [-0.15, -0.1) is 0 Å². The van der Waals surface area contributed by atoms with E-state index < -0.39 is 0 Å². The van der Waals surface area contributed by atoms with E-state index >= 15 is 0 Å². The fourth-order valence-electron chi connectivity index (χ4n) is 2.26. The van der Waals surface area contributed by atoms with Crippen LogP contribution in [-0.4, -0.2) is 5.71 Å². The number of anilines is 1. The molecular weight excluding hydrogens is 388 g/mol. The molecule has 0 fully saturated rings. The first-order valence-electron chi connectivity index (χ1n) is 7.13. The summed E-state index contributed by atoms with van der Waals surface area (Å²) in [6, 6.07) is 8.73. The second-order valence-corrected chi connectivity index (χ2v) is 7.56. The van der Waals surface area contributed by atoms with Crippen molar-refractivity contribution in [3.8, 4) is 0 Å². The zero-order valence-corrected chi connectivity index (χ0v) is 16.4. The van der Waals surface area contributed by atoms with Gasteiger partial charge in [-0.2, -0.15) is 0 Å². The molecule has 3 rings (SSSR count). The lowest BCUT2D eigenvalue weighted by atomic mass is 9.82. The fraction of sp³-hybridized carbons (Fsp3) is 0.235. The number of hydrogen-bond donors (Lipinski definition) is 2. The first kappa shape index (κ1) is 19.4. The normalized spacial score (nSPS) is 14.4. The summed E-state index contributed by atoms with van der Waals surface area (Å²) in [4.78, 5) is 4.47. The van der Waals surface area contributed by atoms with Gasteiger partial charge >= 0.3 is 0 Å². The zero-order chi connectivity index (χ0) is 18.1. The SMILES string of the molecule is CC1=Nc2c(Cl)cc(Cl)cc2C1(C)C.NNc1ccc(Cl)cc1Cl. The number of aliphatic imine (C=N–C) groups is 1. The first-order valence-corrected chi connectivity index (χ1v) is 8.65. The van der Waals surface area contributed by atoms with Crippen LogP contribution in [0.5, 0.6) is 0 Å². The van der Waals surface area contributed by atoms with Crippen molar-refractivity contribution in [1.29, 1.82) is 0 Å². The third kappa shape index (κ3) is 3.98. The Bertz CT molecular complexity index is 801. The molecule has 2 aromatic carbocycles. The molecule has 0 saturated heterocycles. The van der Waals surface area contributed by atoms with Crippen molar-refractivity contribution in [2.45, 2.75) is 26.2 Å². The second kappa shape index (κ2) is 7.51. The van der Waals surface area contributed by atoms with Crippen molar-refractivity contribution >= 4 is 63.5 Å². The van der Waals surface area contributed by atoms with Gasteiger partial charge in [-0.05, 0) is 42.8 Å². The number of hydrazine groups is 1. The van der Waals surface area contributed by atoms with Crippen LogP contribution in [0.2, 0.25) is 20.1 Å². The Labute approximate surface area is 161 Å². The monoisotopic (exact) mass is 403 g/mol. The summed E-state index contributed by atoms with van der Waals surface area (Å²) >= 11 is 23.4. The minimum absolute atomic E-state index is 0.0517. The van der Waals surface area contributed by atoms with E-state index in [2.05, 4.69) is 24.3 Å². The number of nitrogen functional groups attached to an aromatic ring is 1. The van der Waals surface area contributed by atoms with Gasteiger partial charge in [0.05, 0.1) is 21.4 Å². The maximum absolute atomic E-state index is 6.08. The van der Waals surface area contributed by atoms with Gasteiger partial charge in [0.15, 0.2) is 0 Å². The highest BCUT2D eigenvalue weighted by molar-refractivity contribution is 6.37. The number of benzene rings is 2. The number of nitrogens with one attached hydrogen (secondary N) is 1. The molecule has 0 unspecified atom stereocenters. The largest absolute Gasteiger partial charge is 0.323 e. The van der Waals surface area contributed by atoms with Gasteiger partial charge in [0.1, 0.15) is 0 Å². The molecule has 0 spiro atoms. The number of hydrogen-bond acceptors (Lipinski definition) is 3. The van der Waals surface area contributed by atoms with Gasteiger partial charge < -0.3 is 5.43 Å². The number of halogens is 4. The van der Waals surface area contributed by atoms with Gasteiger partial charge in [-0.3, -0.25) is 10.8 Å². The summed E-state index contributed by atoms with van der Waals surface area (Å²) < 4.78 is 0. The topological polar surface area (TPSA) is 50.4 Å². The minimum atomic E-state index is -0.0517. The number of nitrogens with zero attached hydrogens (tertiary/aromatic N) is 1. The van der Waals surface area contributed by atoms with Crippen molar-refractivity contribution in [2.24, 2.45) is 10.8 Å². The molecule has 0 atom stereocenters. The van der Waals surface area contributed by atoms with E-state index in [1.54, 1.807) is 24.3 Å². The summed E-state index contributed by atoms with van der Waals surface area (Å²) in [5.41, 5.74) is 6.12. The smallest absolute Gasteiger partial charge is 0.0857 e. The molecule has 0 amide bonds. The highest BCUT2D eigenvalue weighted by Crippen LogP contribution is 2.45. The molecular formula is C17H17Cl4N3. The van der Waals surface area contributed by atoms with Crippen LogP contribution in [0.4, 0.5) is 11.4 Å². The summed E-state index contributed by atoms with van der Waals surface area (Å²) in [5, 5.41) is 2.43. The molecule has 0 aromatic heterocycles. The van der Waals surface area contributed by atoms with Crippen LogP contribution in [0.15, 0.2) is 35.3 Å². The third-order valence-corrected chi connectivity index (χ3v) is 5.03. The van der Waals surface area contributed by atoms with Gasteiger partial charge in [0.2, 0.25) is 0 Å². The highest BCUT2D eigenvalue weighted by Gasteiger charge is 2.33. The van der Waals surface area contributed by atoms with Crippen molar-refractivity contribution in [3.63, 3.8) is 0 Å². The number of rotatable bonds is 1. The quantitative estimate of drug-likeness (QED) is 0.412. The van der Waals surface area contributed by atoms with E-state index in [9.17, 15) is 0 Å². The van der Waals surface area contributed by atoms with Crippen molar-refractivity contribution in [3.05, 3.63) is 56.0 Å². The second-order valence-electron chi connectivity index (χ2n) is 5.87. The molecule has 0 bridgehead atoms. The van der Waals surface area contributed by atoms with Gasteiger partial charge in [0.25, 0.3) is 0 Å². The maximum atomic E-state index is 6.08. The molecule has 0 radical (unpaired) electrons. The molecule has 7 heteroatoms. The van der Waals surface area contributed by atoms with Crippen LogP contribution >= 0.6 is 46.4 Å². The van der Waals surface area contributed by atoms with Crippen molar-refractivity contribution < 1.29 is 0 Å². The predicted molar refractivity (Wildman–Crippen MR) is 107 cm³/mol. The molecule has 24 heavy (non-hydrogen) atoms. The van der Waals surface area contributed by atoms with E-state index in [4.69, 9.17) is 52.2 Å². The maximum Gasteiger partial charge on any atom is 0.0857 e. The standard InChI is InChI=1S/C11H11Cl2N.C6H6Cl2N2/c1-6-11(2,3)8-4-7(12)5-9(13)10(8)14-6;7-4-1-2-6(10-9)5(8)3-4/h4-5H,1-3H3;1-3,10H,9H2. The Hall–Kier alpha value is -0.970. The highest BCUT2D eigenvalue weighted by atomic mass is 35.5. The Morgan fingerprint density at radius 3 is 2.17 bits per heavy atom. The fourth-order valence-corrected chi connectivity index (χ4v) is 3.26. The van der Waals surface area contributed by atoms with E-state index in [1.165, 1.54) is 0 Å². The van der Waals surface area contributed by atoms with Crippen LogP contribution in [-0.2, 0) is 5.41 Å². The number of nitrogens with two attached hydrogens (primary N) is 1. The van der Waals surface area contributed by atoms with Crippen molar-refractivity contribution in [2.75, 3.05) is 5.43 Å². The average Bonchev–Trinajstić information content (AvgIpc) is 2.72. The van der Waals surface area contributed by atoms with E-state index in [-0.39, 0.29) is 5.41 Å². The molecule has 3 N–H and O–H groups in total. The molecule has 0 aliphatic carbocycles. The summed E-state index contributed by atoms with van der Waals surface area (Å²) in [7, 11) is 0. The van der Waals surface area contributed by atoms with Crippen LogP contribution < -0.4 is 11.3 Å². The minimum Gasteiger partial charge on any atom is -0.323 e. The predicted octanol–water partition coefficient (Wildman–Crippen LogP) is 6.66. The summed E-state index contributed by atoms with van der Waals surface area (Å²) in [5.74, 6) is 5.12. The Kier molecular flexibility index (Phi) is 6.05. The molecule has 1 aliphatic heterocycles. The number of fused-ring (bicyclic) bond motifs is 1. The van der Waals surface area contributed by atoms with Crippen LogP contribution in [0.3, 0.4) is 0 Å². The molecule has 1 heterocycles. The van der Waals surface area contributed by atoms with Gasteiger partial charge in [-0.25, -0.2) is 0 Å². The van der Waals surface area contributed by atoms with Crippen molar-refractivity contribution in [1.82, 2.24) is 0 Å². The Morgan fingerprint density at radius 2 is 1.58 bits per heavy atom. The summed E-state index contributed by atoms with van der Waals surface area (Å²) in [6.07, 6.45) is 0. The van der Waals surface area contributed by atoms with E-state index in [1.807, 2.05) is 13.0 Å². The van der Waals surface area contributed by atoms with E-state index in [0.717, 1.165) is 17.0 Å². The molecule has 2 aromatic rings. The zero-order valence-electron chi connectivity index (χ0n) is 13.4. The lowest BCUT2D eigenvalue weighted by Gasteiger charge is -2.20. The molecule has 1 aliphatic rings. The first-order chi connectivity index (χ1) is 11.2.